The van der Waals surface area contributed by atoms with Crippen molar-refractivity contribution >= 4 is 28.7 Å². The summed E-state index contributed by atoms with van der Waals surface area (Å²) >= 11 is 1.40. The van der Waals surface area contributed by atoms with Gasteiger partial charge >= 0.3 is 0 Å². The lowest BCUT2D eigenvalue weighted by Gasteiger charge is -2.09. The van der Waals surface area contributed by atoms with Crippen molar-refractivity contribution in [3.63, 3.8) is 0 Å². The summed E-state index contributed by atoms with van der Waals surface area (Å²) in [4.78, 5) is 23.9. The second-order valence-electron chi connectivity index (χ2n) is 5.72. The van der Waals surface area contributed by atoms with E-state index in [0.717, 1.165) is 5.69 Å². The first kappa shape index (κ1) is 18.7. The average Bonchev–Trinajstić information content (AvgIpc) is 3.33. The molecule has 0 fully saturated rings. The van der Waals surface area contributed by atoms with Crippen LogP contribution in [0.4, 0.5) is 5.13 Å². The van der Waals surface area contributed by atoms with Gasteiger partial charge in [0.25, 0.3) is 0 Å². The summed E-state index contributed by atoms with van der Waals surface area (Å²) in [6.45, 7) is 2.33. The first-order valence-electron chi connectivity index (χ1n) is 8.33. The number of carbonyl (C=O) groups excluding carboxylic acids is 1. The number of carbonyl (C=O) groups is 1. The molecule has 3 aromatic heterocycles. The molecule has 1 unspecified atom stereocenters. The highest BCUT2D eigenvalue weighted by atomic mass is 32.1. The summed E-state index contributed by atoms with van der Waals surface area (Å²) in [7, 11) is 0. The third-order valence-corrected chi connectivity index (χ3v) is 4.34. The molecule has 0 aromatic carbocycles. The Kier molecular flexibility index (Phi) is 6.29. The normalized spacial score (nSPS) is 12.2. The molecule has 0 saturated heterocycles. The maximum absolute atomic E-state index is 10.9. The third kappa shape index (κ3) is 5.47. The molecule has 0 bridgehead atoms. The van der Waals surface area contributed by atoms with E-state index < -0.39 is 0 Å². The SMILES string of the molecule is CC(=O)NCc1ccc(-c2csc(N=CNCC(N)c3ccccn3)n2)o1. The lowest BCUT2D eigenvalue weighted by atomic mass is 10.2. The number of thiazole rings is 1. The zero-order valence-electron chi connectivity index (χ0n) is 14.8. The van der Waals surface area contributed by atoms with Gasteiger partial charge in [-0.1, -0.05) is 6.07 Å². The molecule has 27 heavy (non-hydrogen) atoms. The summed E-state index contributed by atoms with van der Waals surface area (Å²) in [5.41, 5.74) is 7.58. The van der Waals surface area contributed by atoms with Crippen molar-refractivity contribution in [1.82, 2.24) is 20.6 Å². The Labute approximate surface area is 160 Å². The zero-order chi connectivity index (χ0) is 19.1. The molecule has 9 heteroatoms. The van der Waals surface area contributed by atoms with E-state index in [1.807, 2.05) is 35.7 Å². The molecule has 3 aromatic rings. The Morgan fingerprint density at radius 2 is 2.30 bits per heavy atom. The van der Waals surface area contributed by atoms with Crippen LogP contribution < -0.4 is 16.4 Å². The van der Waals surface area contributed by atoms with E-state index in [1.165, 1.54) is 18.3 Å². The van der Waals surface area contributed by atoms with Crippen LogP contribution in [0.3, 0.4) is 0 Å². The van der Waals surface area contributed by atoms with Crippen molar-refractivity contribution in [3.8, 4) is 11.5 Å². The lowest BCUT2D eigenvalue weighted by molar-refractivity contribution is -0.119. The number of amides is 1. The van der Waals surface area contributed by atoms with E-state index in [4.69, 9.17) is 10.2 Å². The Balaban J connectivity index is 1.52. The summed E-state index contributed by atoms with van der Waals surface area (Å²) < 4.78 is 5.68. The van der Waals surface area contributed by atoms with Gasteiger partial charge in [-0.3, -0.25) is 9.78 Å². The number of nitrogens with two attached hydrogens (primary N) is 1. The van der Waals surface area contributed by atoms with Gasteiger partial charge in [0.2, 0.25) is 11.0 Å². The fourth-order valence-electron chi connectivity index (χ4n) is 2.24. The summed E-state index contributed by atoms with van der Waals surface area (Å²) in [6.07, 6.45) is 3.30. The lowest BCUT2D eigenvalue weighted by Crippen LogP contribution is -2.26. The highest BCUT2D eigenvalue weighted by Gasteiger charge is 2.09. The number of nitrogens with zero attached hydrogens (tertiary/aromatic N) is 3. The molecular weight excluding hydrogens is 364 g/mol. The maximum Gasteiger partial charge on any atom is 0.217 e. The molecule has 0 aliphatic carbocycles. The van der Waals surface area contributed by atoms with E-state index in [2.05, 4.69) is 25.6 Å². The number of furan rings is 1. The first-order chi connectivity index (χ1) is 13.1. The van der Waals surface area contributed by atoms with Crippen LogP contribution in [0.1, 0.15) is 24.4 Å². The Morgan fingerprint density at radius 3 is 3.07 bits per heavy atom. The quantitative estimate of drug-likeness (QED) is 0.405. The molecule has 0 radical (unpaired) electrons. The molecule has 0 saturated carbocycles. The Bertz CT molecular complexity index is 905. The minimum atomic E-state index is -0.213. The predicted molar refractivity (Wildman–Crippen MR) is 105 cm³/mol. The standard InChI is InChI=1S/C18H20N6O2S/c1-12(25)22-8-13-5-6-17(26-13)16-10-27-18(24-16)23-11-20-9-14(19)15-4-2-3-7-21-15/h2-7,10-11,14H,8-9,19H2,1H3,(H,22,25)(H,20,23,24). The van der Waals surface area contributed by atoms with E-state index in [0.29, 0.717) is 35.4 Å². The second-order valence-corrected chi connectivity index (χ2v) is 6.56. The van der Waals surface area contributed by atoms with Crippen LogP contribution in [0.2, 0.25) is 0 Å². The van der Waals surface area contributed by atoms with Crippen LogP contribution in [-0.2, 0) is 11.3 Å². The van der Waals surface area contributed by atoms with Gasteiger partial charge in [0.05, 0.1) is 24.6 Å². The number of aliphatic imine (C=N–C) groups is 1. The molecule has 3 rings (SSSR count). The van der Waals surface area contributed by atoms with Crippen LogP contribution in [0.25, 0.3) is 11.5 Å². The number of pyridine rings is 1. The summed E-state index contributed by atoms with van der Waals surface area (Å²) in [5.74, 6) is 1.20. The van der Waals surface area contributed by atoms with Crippen molar-refractivity contribution in [2.75, 3.05) is 6.54 Å². The first-order valence-corrected chi connectivity index (χ1v) is 9.21. The number of aromatic nitrogens is 2. The summed E-state index contributed by atoms with van der Waals surface area (Å²) in [6, 6.07) is 9.07. The highest BCUT2D eigenvalue weighted by Crippen LogP contribution is 2.27. The van der Waals surface area contributed by atoms with Crippen molar-refractivity contribution in [3.05, 3.63) is 53.4 Å². The molecule has 8 nitrogen and oxygen atoms in total. The van der Waals surface area contributed by atoms with Crippen molar-refractivity contribution < 1.29 is 9.21 Å². The highest BCUT2D eigenvalue weighted by molar-refractivity contribution is 7.13. The van der Waals surface area contributed by atoms with Crippen LogP contribution >= 0.6 is 11.3 Å². The van der Waals surface area contributed by atoms with Gasteiger partial charge in [-0.2, -0.15) is 0 Å². The second kappa shape index (κ2) is 9.06. The number of rotatable bonds is 8. The minimum Gasteiger partial charge on any atom is -0.458 e. The largest absolute Gasteiger partial charge is 0.458 e. The topological polar surface area (TPSA) is 118 Å². The van der Waals surface area contributed by atoms with Crippen molar-refractivity contribution in [1.29, 1.82) is 0 Å². The molecule has 4 N–H and O–H groups in total. The molecule has 140 valence electrons. The number of hydrogen-bond acceptors (Lipinski definition) is 7. The van der Waals surface area contributed by atoms with E-state index in [1.54, 1.807) is 12.5 Å². The number of hydrogen-bond donors (Lipinski definition) is 3. The van der Waals surface area contributed by atoms with Crippen LogP contribution in [0.15, 0.2) is 51.3 Å². The van der Waals surface area contributed by atoms with Crippen LogP contribution in [0.5, 0.6) is 0 Å². The van der Waals surface area contributed by atoms with Gasteiger partial charge < -0.3 is 20.8 Å². The molecule has 1 atom stereocenters. The fraction of sp³-hybridized carbons (Fsp3) is 0.222. The Hall–Kier alpha value is -3.04. The van der Waals surface area contributed by atoms with Gasteiger partial charge in [-0.05, 0) is 24.3 Å². The van der Waals surface area contributed by atoms with Crippen molar-refractivity contribution in [2.45, 2.75) is 19.5 Å². The van der Waals surface area contributed by atoms with Gasteiger partial charge in [-0.25, -0.2) is 9.98 Å². The Morgan fingerprint density at radius 1 is 1.41 bits per heavy atom. The van der Waals surface area contributed by atoms with Crippen LogP contribution in [0, 0.1) is 0 Å². The van der Waals surface area contributed by atoms with Gasteiger partial charge in [0.15, 0.2) is 5.76 Å². The minimum absolute atomic E-state index is 0.103. The average molecular weight is 384 g/mol. The molecule has 0 aliphatic rings. The third-order valence-electron chi connectivity index (χ3n) is 3.59. The molecule has 0 aliphatic heterocycles. The van der Waals surface area contributed by atoms with E-state index in [-0.39, 0.29) is 11.9 Å². The molecule has 1 amide bonds. The van der Waals surface area contributed by atoms with Gasteiger partial charge in [0, 0.05) is 25.0 Å². The van der Waals surface area contributed by atoms with E-state index in [9.17, 15) is 4.79 Å². The smallest absolute Gasteiger partial charge is 0.217 e. The predicted octanol–water partition coefficient (Wildman–Crippen LogP) is 2.38. The summed E-state index contributed by atoms with van der Waals surface area (Å²) in [5, 5.41) is 8.22. The van der Waals surface area contributed by atoms with Crippen molar-refractivity contribution in [2.24, 2.45) is 10.7 Å². The molecular formula is C18H20N6O2S. The zero-order valence-corrected chi connectivity index (χ0v) is 15.6. The fourth-order valence-corrected chi connectivity index (χ4v) is 2.89. The number of nitrogens with one attached hydrogen (secondary N) is 2. The molecule has 3 heterocycles. The van der Waals surface area contributed by atoms with Gasteiger partial charge in [0.1, 0.15) is 11.5 Å². The maximum atomic E-state index is 10.9. The van der Waals surface area contributed by atoms with Gasteiger partial charge in [-0.15, -0.1) is 11.3 Å². The molecule has 0 spiro atoms. The monoisotopic (exact) mass is 384 g/mol. The van der Waals surface area contributed by atoms with E-state index >= 15 is 0 Å². The van der Waals surface area contributed by atoms with Crippen LogP contribution in [-0.4, -0.2) is 28.8 Å².